The molecule has 0 bridgehead atoms. The molecule has 1 N–H and O–H groups in total. The van der Waals surface area contributed by atoms with E-state index in [1.807, 2.05) is 36.1 Å². The van der Waals surface area contributed by atoms with Crippen molar-refractivity contribution in [1.82, 2.24) is 15.3 Å². The predicted octanol–water partition coefficient (Wildman–Crippen LogP) is 3.85. The van der Waals surface area contributed by atoms with Crippen molar-refractivity contribution in [1.29, 1.82) is 0 Å². The van der Waals surface area contributed by atoms with Crippen molar-refractivity contribution in [3.63, 3.8) is 0 Å². The number of carbonyl (C=O) groups excluding carboxylic acids is 1. The zero-order chi connectivity index (χ0) is 22.9. The first-order valence-corrected chi connectivity index (χ1v) is 11.3. The fourth-order valence-corrected chi connectivity index (χ4v) is 4.69. The van der Waals surface area contributed by atoms with Gasteiger partial charge in [0, 0.05) is 32.0 Å². The summed E-state index contributed by atoms with van der Waals surface area (Å²) >= 11 is 0. The summed E-state index contributed by atoms with van der Waals surface area (Å²) in [6.45, 7) is 9.77. The largest absolute Gasteiger partial charge is 0.489 e. The Hall–Kier alpha value is -2.90. The molecule has 2 fully saturated rings. The number of hydrogen-bond donors (Lipinski definition) is 1. The van der Waals surface area contributed by atoms with Crippen LogP contribution >= 0.6 is 0 Å². The molecule has 0 unspecified atom stereocenters. The molecule has 2 saturated heterocycles. The van der Waals surface area contributed by atoms with Crippen LogP contribution in [0.25, 0.3) is 0 Å². The first kappa shape index (κ1) is 22.3. The van der Waals surface area contributed by atoms with Crippen LogP contribution in [0, 0.1) is 5.82 Å². The third-order valence-corrected chi connectivity index (χ3v) is 6.46. The molecule has 0 saturated carbocycles. The first-order chi connectivity index (χ1) is 15.2. The fraction of sp³-hybridized carbons (Fsp3) is 0.542. The van der Waals surface area contributed by atoms with Crippen LogP contribution in [0.15, 0.2) is 30.6 Å². The van der Waals surface area contributed by atoms with Gasteiger partial charge in [0.25, 0.3) is 0 Å². The summed E-state index contributed by atoms with van der Waals surface area (Å²) in [5.74, 6) is 1.10. The molecule has 2 aromatic rings. The van der Waals surface area contributed by atoms with Crippen molar-refractivity contribution in [2.75, 3.05) is 29.4 Å². The quantitative estimate of drug-likeness (QED) is 0.734. The third kappa shape index (κ3) is 4.64. The minimum absolute atomic E-state index is 0.0466. The van der Waals surface area contributed by atoms with Crippen molar-refractivity contribution in [2.24, 2.45) is 0 Å². The van der Waals surface area contributed by atoms with Crippen LogP contribution in [-0.2, 0) is 4.79 Å². The fourth-order valence-electron chi connectivity index (χ4n) is 4.69. The van der Waals surface area contributed by atoms with Crippen molar-refractivity contribution < 1.29 is 13.9 Å². The van der Waals surface area contributed by atoms with E-state index >= 15 is 4.39 Å². The highest BCUT2D eigenvalue weighted by Gasteiger charge is 2.36. The molecule has 0 aliphatic carbocycles. The summed E-state index contributed by atoms with van der Waals surface area (Å²) in [4.78, 5) is 23.8. The van der Waals surface area contributed by atoms with E-state index in [0.29, 0.717) is 24.7 Å². The Bertz CT molecular complexity index is 965. The van der Waals surface area contributed by atoms with Gasteiger partial charge in [-0.2, -0.15) is 4.39 Å². The van der Waals surface area contributed by atoms with E-state index in [1.165, 1.54) is 13.3 Å². The van der Waals surface area contributed by atoms with Crippen molar-refractivity contribution in [3.05, 3.63) is 42.0 Å². The summed E-state index contributed by atoms with van der Waals surface area (Å²) in [5.41, 5.74) is 0.910. The van der Waals surface area contributed by atoms with Gasteiger partial charge in [-0.1, -0.05) is 12.1 Å². The number of carbonyl (C=O) groups is 1. The maximum absolute atomic E-state index is 15.4. The van der Waals surface area contributed by atoms with Crippen molar-refractivity contribution in [3.8, 4) is 5.75 Å². The Balaban J connectivity index is 1.41. The number of rotatable bonds is 6. The second kappa shape index (κ2) is 8.92. The van der Waals surface area contributed by atoms with E-state index in [-0.39, 0.29) is 29.4 Å². The van der Waals surface area contributed by atoms with Gasteiger partial charge in [0.15, 0.2) is 11.6 Å². The van der Waals surface area contributed by atoms with Crippen LogP contribution in [-0.4, -0.2) is 47.2 Å². The molecule has 3 heterocycles. The second-order valence-electron chi connectivity index (χ2n) is 9.37. The first-order valence-electron chi connectivity index (χ1n) is 11.3. The Kier molecular flexibility index (Phi) is 6.22. The molecule has 2 atom stereocenters. The summed E-state index contributed by atoms with van der Waals surface area (Å²) in [6.07, 6.45) is 4.26. The summed E-state index contributed by atoms with van der Waals surface area (Å²) in [6, 6.07) is 7.68. The van der Waals surface area contributed by atoms with Gasteiger partial charge >= 0.3 is 0 Å². The number of halogens is 1. The highest BCUT2D eigenvalue weighted by molar-refractivity contribution is 5.73. The number of anilines is 2. The molecule has 1 aromatic carbocycles. The van der Waals surface area contributed by atoms with Gasteiger partial charge in [0.2, 0.25) is 11.7 Å². The summed E-state index contributed by atoms with van der Waals surface area (Å²) in [7, 11) is 0. The number of hydrogen-bond acceptors (Lipinski definition) is 6. The average molecular weight is 442 g/mol. The van der Waals surface area contributed by atoms with Gasteiger partial charge in [-0.15, -0.1) is 0 Å². The lowest BCUT2D eigenvalue weighted by Crippen LogP contribution is -2.39. The Morgan fingerprint density at radius 3 is 2.59 bits per heavy atom. The maximum Gasteiger partial charge on any atom is 0.217 e. The highest BCUT2D eigenvalue weighted by atomic mass is 19.1. The zero-order valence-electron chi connectivity index (χ0n) is 19.3. The van der Waals surface area contributed by atoms with Gasteiger partial charge in [-0.3, -0.25) is 4.79 Å². The lowest BCUT2D eigenvalue weighted by molar-refractivity contribution is -0.119. The highest BCUT2D eigenvalue weighted by Crippen LogP contribution is 2.36. The molecule has 7 nitrogen and oxygen atoms in total. The van der Waals surface area contributed by atoms with E-state index in [2.05, 4.69) is 34.0 Å². The minimum Gasteiger partial charge on any atom is -0.489 e. The predicted molar refractivity (Wildman–Crippen MR) is 123 cm³/mol. The van der Waals surface area contributed by atoms with Gasteiger partial charge in [0.1, 0.15) is 18.2 Å². The molecular weight excluding hydrogens is 409 g/mol. The van der Waals surface area contributed by atoms with Crippen LogP contribution in [0.3, 0.4) is 0 Å². The van der Waals surface area contributed by atoms with Crippen LogP contribution in [0.2, 0.25) is 0 Å². The molecule has 2 aliphatic rings. The molecule has 2 aliphatic heterocycles. The van der Waals surface area contributed by atoms with E-state index in [9.17, 15) is 4.79 Å². The monoisotopic (exact) mass is 441 g/mol. The SMILES string of the molecule is CC(=O)N[C@@H](C)c1ccc(O[C@@H]2CCN(c3ncnc(N4CCCC4(C)C)c3F)C2)cc1. The molecule has 1 aromatic heterocycles. The standard InChI is InChI=1S/C24H32FN5O2/c1-16(28-17(2)31)18-6-8-19(9-7-18)32-20-10-13-29(14-20)22-21(25)23(27-15-26-22)30-12-5-11-24(30,3)4/h6-9,15-16,20H,5,10-14H2,1-4H3,(H,28,31)/t16-,20+/m0/s1. The van der Waals surface area contributed by atoms with Gasteiger partial charge in [0.05, 0.1) is 12.6 Å². The lowest BCUT2D eigenvalue weighted by atomic mass is 10.0. The Morgan fingerprint density at radius 1 is 1.22 bits per heavy atom. The van der Waals surface area contributed by atoms with E-state index in [1.54, 1.807) is 0 Å². The average Bonchev–Trinajstić information content (AvgIpc) is 3.34. The van der Waals surface area contributed by atoms with Gasteiger partial charge in [-0.25, -0.2) is 9.97 Å². The molecule has 172 valence electrons. The molecule has 0 radical (unpaired) electrons. The van der Waals surface area contributed by atoms with E-state index in [4.69, 9.17) is 4.74 Å². The molecule has 8 heteroatoms. The van der Waals surface area contributed by atoms with Gasteiger partial charge < -0.3 is 19.9 Å². The van der Waals surface area contributed by atoms with Crippen molar-refractivity contribution >= 4 is 17.5 Å². The van der Waals surface area contributed by atoms with E-state index < -0.39 is 0 Å². The van der Waals surface area contributed by atoms with Gasteiger partial charge in [-0.05, 0) is 51.3 Å². The number of amides is 1. The van der Waals surface area contributed by atoms with Crippen molar-refractivity contribution in [2.45, 2.75) is 64.6 Å². The number of nitrogens with one attached hydrogen (secondary N) is 1. The van der Waals surface area contributed by atoms with Crippen LogP contribution in [0.5, 0.6) is 5.75 Å². The summed E-state index contributed by atoms with van der Waals surface area (Å²) < 4.78 is 21.5. The molecule has 0 spiro atoms. The minimum atomic E-state index is -0.348. The third-order valence-electron chi connectivity index (χ3n) is 6.46. The molecular formula is C24H32FN5O2. The number of nitrogens with zero attached hydrogens (tertiary/aromatic N) is 4. The Labute approximate surface area is 189 Å². The summed E-state index contributed by atoms with van der Waals surface area (Å²) in [5, 5.41) is 2.87. The van der Waals surface area contributed by atoms with Crippen LogP contribution < -0.4 is 19.9 Å². The van der Waals surface area contributed by atoms with E-state index in [0.717, 1.165) is 37.1 Å². The normalized spacial score (nSPS) is 21.0. The molecule has 1 amide bonds. The topological polar surface area (TPSA) is 70.6 Å². The smallest absolute Gasteiger partial charge is 0.217 e. The maximum atomic E-state index is 15.4. The molecule has 32 heavy (non-hydrogen) atoms. The second-order valence-corrected chi connectivity index (χ2v) is 9.37. The Morgan fingerprint density at radius 2 is 1.94 bits per heavy atom. The zero-order valence-corrected chi connectivity index (χ0v) is 19.3. The number of benzene rings is 1. The van der Waals surface area contributed by atoms with Crippen LogP contribution in [0.4, 0.5) is 16.0 Å². The molecule has 4 rings (SSSR count). The lowest BCUT2D eigenvalue weighted by Gasteiger charge is -2.33. The number of ether oxygens (including phenoxy) is 1. The van der Waals surface area contributed by atoms with Crippen LogP contribution in [0.1, 0.15) is 58.6 Å². The number of aromatic nitrogens is 2.